The molecule has 14 heavy (non-hydrogen) atoms. The third-order valence-electron chi connectivity index (χ3n) is 2.25. The van der Waals surface area contributed by atoms with Crippen LogP contribution in [0, 0.1) is 6.92 Å². The Morgan fingerprint density at radius 3 is 2.64 bits per heavy atom. The first kappa shape index (κ1) is 11.1. The Kier molecular flexibility index (Phi) is 3.55. The molecule has 0 radical (unpaired) electrons. The minimum atomic E-state index is 0.0357. The first-order chi connectivity index (χ1) is 6.61. The Hall–Kier alpha value is -1.00. The van der Waals surface area contributed by atoms with Gasteiger partial charge < -0.3 is 11.5 Å². The van der Waals surface area contributed by atoms with E-state index < -0.39 is 0 Å². The summed E-state index contributed by atoms with van der Waals surface area (Å²) in [5, 5.41) is 0.0357. The fourth-order valence-corrected chi connectivity index (χ4v) is 1.75. The second-order valence-corrected chi connectivity index (χ2v) is 3.78. The van der Waals surface area contributed by atoms with Crippen LogP contribution in [-0.2, 0) is 6.54 Å². The summed E-state index contributed by atoms with van der Waals surface area (Å²) in [5.74, 6) is 0. The molecule has 0 unspecified atom stereocenters. The van der Waals surface area contributed by atoms with Crippen LogP contribution in [-0.4, -0.2) is 11.4 Å². The van der Waals surface area contributed by atoms with Gasteiger partial charge in [-0.15, -0.1) is 0 Å². The summed E-state index contributed by atoms with van der Waals surface area (Å²) in [6.45, 7) is 2.23. The largest absolute Gasteiger partial charge is 0.399 e. The third kappa shape index (κ3) is 1.91. The zero-order valence-electron chi connectivity index (χ0n) is 8.33. The quantitative estimate of drug-likeness (QED) is 0.726. The van der Waals surface area contributed by atoms with E-state index in [1.54, 1.807) is 18.4 Å². The van der Waals surface area contributed by atoms with Gasteiger partial charge in [-0.25, -0.2) is 0 Å². The molecule has 0 aliphatic heterocycles. The van der Waals surface area contributed by atoms with Crippen molar-refractivity contribution >= 4 is 22.6 Å². The van der Waals surface area contributed by atoms with Crippen LogP contribution >= 0.6 is 11.8 Å². The van der Waals surface area contributed by atoms with Crippen molar-refractivity contribution in [3.8, 4) is 0 Å². The highest BCUT2D eigenvalue weighted by atomic mass is 32.2. The van der Waals surface area contributed by atoms with Crippen molar-refractivity contribution in [2.45, 2.75) is 13.5 Å². The summed E-state index contributed by atoms with van der Waals surface area (Å²) in [4.78, 5) is 11.5. The molecule has 0 atom stereocenters. The van der Waals surface area contributed by atoms with E-state index in [-0.39, 0.29) is 5.12 Å². The first-order valence-electron chi connectivity index (χ1n) is 4.28. The average Bonchev–Trinajstić information content (AvgIpc) is 2.20. The maximum atomic E-state index is 11.5. The number of rotatable bonds is 2. The van der Waals surface area contributed by atoms with Crippen LogP contribution in [0.5, 0.6) is 0 Å². The summed E-state index contributed by atoms with van der Waals surface area (Å²) < 4.78 is 0. The smallest absolute Gasteiger partial charge is 0.219 e. The van der Waals surface area contributed by atoms with Crippen LogP contribution in [0.25, 0.3) is 0 Å². The lowest BCUT2D eigenvalue weighted by molar-refractivity contribution is 0.108. The van der Waals surface area contributed by atoms with Crippen LogP contribution in [0.2, 0.25) is 0 Å². The second kappa shape index (κ2) is 4.48. The second-order valence-electron chi connectivity index (χ2n) is 3.00. The van der Waals surface area contributed by atoms with Crippen LogP contribution < -0.4 is 11.5 Å². The van der Waals surface area contributed by atoms with Crippen molar-refractivity contribution in [3.63, 3.8) is 0 Å². The summed E-state index contributed by atoms with van der Waals surface area (Å²) in [5.41, 5.74) is 14.4. The van der Waals surface area contributed by atoms with Gasteiger partial charge in [0, 0.05) is 17.8 Å². The fraction of sp³-hybridized carbons (Fsp3) is 0.300. The number of anilines is 1. The Bertz CT molecular complexity index is 363. The molecule has 1 aromatic rings. The molecule has 1 rings (SSSR count). The van der Waals surface area contributed by atoms with Gasteiger partial charge in [-0.2, -0.15) is 0 Å². The minimum Gasteiger partial charge on any atom is -0.399 e. The summed E-state index contributed by atoms with van der Waals surface area (Å²) in [6.07, 6.45) is 1.76. The molecule has 0 aromatic heterocycles. The van der Waals surface area contributed by atoms with E-state index in [1.165, 1.54) is 11.8 Å². The number of nitrogen functional groups attached to an aromatic ring is 1. The van der Waals surface area contributed by atoms with Gasteiger partial charge in [0.15, 0.2) is 0 Å². The maximum Gasteiger partial charge on any atom is 0.219 e. The van der Waals surface area contributed by atoms with Crippen molar-refractivity contribution in [3.05, 3.63) is 28.8 Å². The van der Waals surface area contributed by atoms with Gasteiger partial charge in [0.25, 0.3) is 0 Å². The highest BCUT2D eigenvalue weighted by Gasteiger charge is 2.12. The average molecular weight is 210 g/mol. The third-order valence-corrected chi connectivity index (χ3v) is 2.84. The fourth-order valence-electron chi connectivity index (χ4n) is 1.34. The Labute approximate surface area is 87.9 Å². The molecular weight excluding hydrogens is 196 g/mol. The lowest BCUT2D eigenvalue weighted by Crippen LogP contribution is -2.09. The predicted molar refractivity (Wildman–Crippen MR) is 61.3 cm³/mol. The van der Waals surface area contributed by atoms with Gasteiger partial charge in [0.2, 0.25) is 5.12 Å². The highest BCUT2D eigenvalue weighted by Crippen LogP contribution is 2.22. The molecule has 0 aliphatic rings. The molecule has 0 aliphatic carbocycles. The van der Waals surface area contributed by atoms with Crippen molar-refractivity contribution in [1.29, 1.82) is 0 Å². The zero-order valence-corrected chi connectivity index (χ0v) is 9.15. The highest BCUT2D eigenvalue weighted by molar-refractivity contribution is 8.13. The number of hydrogen-bond acceptors (Lipinski definition) is 4. The Morgan fingerprint density at radius 1 is 1.50 bits per heavy atom. The Morgan fingerprint density at radius 2 is 2.14 bits per heavy atom. The van der Waals surface area contributed by atoms with Gasteiger partial charge in [-0.1, -0.05) is 11.8 Å². The van der Waals surface area contributed by atoms with Crippen molar-refractivity contribution in [2.24, 2.45) is 5.73 Å². The van der Waals surface area contributed by atoms with E-state index in [9.17, 15) is 4.79 Å². The Balaban J connectivity index is 3.31. The van der Waals surface area contributed by atoms with E-state index in [1.807, 2.05) is 6.92 Å². The summed E-state index contributed by atoms with van der Waals surface area (Å²) >= 11 is 1.19. The number of nitrogens with two attached hydrogens (primary N) is 2. The van der Waals surface area contributed by atoms with Crippen molar-refractivity contribution < 1.29 is 4.79 Å². The van der Waals surface area contributed by atoms with Gasteiger partial charge in [-0.05, 0) is 36.4 Å². The molecule has 1 aromatic carbocycles. The number of benzene rings is 1. The molecule has 4 heteroatoms. The zero-order chi connectivity index (χ0) is 10.7. The van der Waals surface area contributed by atoms with Gasteiger partial charge in [0.1, 0.15) is 0 Å². The SMILES string of the molecule is CSC(=O)c1ccc(N)c(C)c1CN. The van der Waals surface area contributed by atoms with Gasteiger partial charge in [-0.3, -0.25) is 4.79 Å². The van der Waals surface area contributed by atoms with Crippen LogP contribution in [0.4, 0.5) is 5.69 Å². The maximum absolute atomic E-state index is 11.5. The molecule has 4 N–H and O–H groups in total. The molecule has 0 saturated carbocycles. The van der Waals surface area contributed by atoms with Crippen LogP contribution in [0.15, 0.2) is 12.1 Å². The predicted octanol–water partition coefficient (Wildman–Crippen LogP) is 1.54. The lowest BCUT2D eigenvalue weighted by Gasteiger charge is -2.10. The topological polar surface area (TPSA) is 69.1 Å². The monoisotopic (exact) mass is 210 g/mol. The molecule has 0 amide bonds. The molecule has 0 spiro atoms. The number of carbonyl (C=O) groups is 1. The van der Waals surface area contributed by atoms with E-state index in [0.717, 1.165) is 11.1 Å². The molecule has 3 nitrogen and oxygen atoms in total. The molecular formula is C10H14N2OS. The number of thioether (sulfide) groups is 1. The van der Waals surface area contributed by atoms with Crippen LogP contribution in [0.1, 0.15) is 21.5 Å². The van der Waals surface area contributed by atoms with Gasteiger partial charge >= 0.3 is 0 Å². The lowest BCUT2D eigenvalue weighted by atomic mass is 10.0. The standard InChI is InChI=1S/C10H14N2OS/c1-6-8(5-11)7(10(13)14-2)3-4-9(6)12/h3-4H,5,11-12H2,1-2H3. The van der Waals surface area contributed by atoms with Crippen molar-refractivity contribution in [1.82, 2.24) is 0 Å². The summed E-state index contributed by atoms with van der Waals surface area (Å²) in [6, 6.07) is 3.49. The molecule has 0 saturated heterocycles. The van der Waals surface area contributed by atoms with E-state index >= 15 is 0 Å². The van der Waals surface area contributed by atoms with Crippen LogP contribution in [0.3, 0.4) is 0 Å². The minimum absolute atomic E-state index is 0.0357. The number of carbonyl (C=O) groups excluding carboxylic acids is 1. The van der Waals surface area contributed by atoms with Gasteiger partial charge in [0.05, 0.1) is 0 Å². The van der Waals surface area contributed by atoms with E-state index in [4.69, 9.17) is 11.5 Å². The number of hydrogen-bond donors (Lipinski definition) is 2. The van der Waals surface area contributed by atoms with E-state index in [2.05, 4.69) is 0 Å². The molecule has 76 valence electrons. The normalized spacial score (nSPS) is 10.2. The molecule has 0 bridgehead atoms. The molecule has 0 heterocycles. The van der Waals surface area contributed by atoms with Crippen molar-refractivity contribution in [2.75, 3.05) is 12.0 Å². The summed E-state index contributed by atoms with van der Waals surface area (Å²) in [7, 11) is 0. The first-order valence-corrected chi connectivity index (χ1v) is 5.50. The van der Waals surface area contributed by atoms with E-state index in [0.29, 0.717) is 17.8 Å². The molecule has 0 fully saturated rings.